The number of hydrogen-bond acceptors (Lipinski definition) is 4. The van der Waals surface area contributed by atoms with E-state index in [1.807, 2.05) is 18.0 Å². The summed E-state index contributed by atoms with van der Waals surface area (Å²) in [5.74, 6) is -0.332. The molecule has 0 radical (unpaired) electrons. The van der Waals surface area contributed by atoms with E-state index >= 15 is 0 Å². The molecule has 1 aliphatic rings. The van der Waals surface area contributed by atoms with Crippen LogP contribution >= 0.6 is 0 Å². The van der Waals surface area contributed by atoms with Crippen molar-refractivity contribution in [2.75, 3.05) is 51.2 Å². The van der Waals surface area contributed by atoms with Crippen LogP contribution in [0.1, 0.15) is 5.56 Å². The number of anilines is 1. The predicted octanol–water partition coefficient (Wildman–Crippen LogP) is 1.04. The van der Waals surface area contributed by atoms with Gasteiger partial charge in [-0.25, -0.2) is 4.39 Å². The third-order valence-electron chi connectivity index (χ3n) is 3.45. The van der Waals surface area contributed by atoms with Crippen LogP contribution in [-0.4, -0.2) is 51.2 Å². The number of nitriles is 1. The van der Waals surface area contributed by atoms with Crippen molar-refractivity contribution in [1.82, 2.24) is 10.2 Å². The van der Waals surface area contributed by atoms with Crippen molar-refractivity contribution < 1.29 is 4.39 Å². The molecule has 1 saturated heterocycles. The summed E-state index contributed by atoms with van der Waals surface area (Å²) in [5.41, 5.74) is 0.908. The highest BCUT2D eigenvalue weighted by atomic mass is 19.1. The lowest BCUT2D eigenvalue weighted by molar-refractivity contribution is 0.246. The second-order valence-corrected chi connectivity index (χ2v) is 4.79. The molecule has 1 aliphatic heterocycles. The first-order chi connectivity index (χ1) is 9.20. The minimum absolute atomic E-state index is 0.332. The van der Waals surface area contributed by atoms with E-state index in [0.29, 0.717) is 11.3 Å². The molecule has 0 bridgehead atoms. The Labute approximate surface area is 113 Å². The van der Waals surface area contributed by atoms with E-state index in [2.05, 4.69) is 10.2 Å². The molecular formula is C14H19FN4. The van der Waals surface area contributed by atoms with Crippen LogP contribution < -0.4 is 10.2 Å². The van der Waals surface area contributed by atoms with E-state index in [1.165, 1.54) is 6.07 Å². The maximum absolute atomic E-state index is 13.8. The fourth-order valence-corrected chi connectivity index (χ4v) is 2.23. The largest absolute Gasteiger partial charge is 0.371 e. The van der Waals surface area contributed by atoms with E-state index in [4.69, 9.17) is 5.26 Å². The standard InChI is InChI=1S/C14H19FN4/c1-18(8-9-19-6-4-17-5-7-19)14-3-2-12(11-16)10-13(14)15/h2-3,10,17H,4-9H2,1H3. The molecule has 0 atom stereocenters. The number of nitrogens with zero attached hydrogens (tertiary/aromatic N) is 3. The molecule has 1 N–H and O–H groups in total. The fraction of sp³-hybridized carbons (Fsp3) is 0.500. The summed E-state index contributed by atoms with van der Waals surface area (Å²) in [5, 5.41) is 12.0. The highest BCUT2D eigenvalue weighted by Crippen LogP contribution is 2.19. The van der Waals surface area contributed by atoms with E-state index in [1.54, 1.807) is 12.1 Å². The third kappa shape index (κ3) is 3.66. The van der Waals surface area contributed by atoms with E-state index < -0.39 is 0 Å². The van der Waals surface area contributed by atoms with Crippen molar-refractivity contribution in [3.8, 4) is 6.07 Å². The van der Waals surface area contributed by atoms with Gasteiger partial charge in [0.15, 0.2) is 0 Å². The summed E-state index contributed by atoms with van der Waals surface area (Å²) >= 11 is 0. The lowest BCUT2D eigenvalue weighted by Gasteiger charge is -2.29. The second-order valence-electron chi connectivity index (χ2n) is 4.79. The number of halogens is 1. The molecule has 1 aromatic rings. The number of hydrogen-bond donors (Lipinski definition) is 1. The van der Waals surface area contributed by atoms with Crippen molar-refractivity contribution in [3.63, 3.8) is 0 Å². The van der Waals surface area contributed by atoms with E-state index in [-0.39, 0.29) is 5.82 Å². The number of nitrogens with one attached hydrogen (secondary N) is 1. The van der Waals surface area contributed by atoms with Gasteiger partial charge in [-0.2, -0.15) is 5.26 Å². The summed E-state index contributed by atoms with van der Waals surface area (Å²) < 4.78 is 13.8. The Balaban J connectivity index is 1.92. The Morgan fingerprint density at radius 1 is 1.42 bits per heavy atom. The van der Waals surface area contributed by atoms with Crippen molar-refractivity contribution in [3.05, 3.63) is 29.6 Å². The van der Waals surface area contributed by atoms with Gasteiger partial charge < -0.3 is 10.2 Å². The molecular weight excluding hydrogens is 243 g/mol. The first kappa shape index (κ1) is 13.8. The first-order valence-electron chi connectivity index (χ1n) is 6.54. The molecule has 0 spiro atoms. The molecule has 19 heavy (non-hydrogen) atoms. The van der Waals surface area contributed by atoms with E-state index in [9.17, 15) is 4.39 Å². The zero-order valence-corrected chi connectivity index (χ0v) is 11.2. The molecule has 0 saturated carbocycles. The number of rotatable bonds is 4. The Kier molecular flexibility index (Phi) is 4.72. The maximum Gasteiger partial charge on any atom is 0.147 e. The highest BCUT2D eigenvalue weighted by molar-refractivity contribution is 5.50. The Morgan fingerprint density at radius 3 is 2.79 bits per heavy atom. The van der Waals surface area contributed by atoms with E-state index in [0.717, 1.165) is 39.3 Å². The van der Waals surface area contributed by atoms with Crippen LogP contribution in [0.5, 0.6) is 0 Å². The Morgan fingerprint density at radius 2 is 2.16 bits per heavy atom. The lowest BCUT2D eigenvalue weighted by atomic mass is 10.2. The van der Waals surface area contributed by atoms with Crippen LogP contribution in [0, 0.1) is 17.1 Å². The average Bonchev–Trinajstić information content (AvgIpc) is 2.45. The topological polar surface area (TPSA) is 42.3 Å². The van der Waals surface area contributed by atoms with Gasteiger partial charge in [0.25, 0.3) is 0 Å². The Bertz CT molecular complexity index is 463. The van der Waals surface area contributed by atoms with Crippen molar-refractivity contribution in [1.29, 1.82) is 5.26 Å². The summed E-state index contributed by atoms with van der Waals surface area (Å²) in [6.45, 7) is 5.84. The minimum atomic E-state index is -0.332. The van der Waals surface area contributed by atoms with Gasteiger partial charge in [-0.1, -0.05) is 0 Å². The average molecular weight is 262 g/mol. The minimum Gasteiger partial charge on any atom is -0.371 e. The van der Waals surface area contributed by atoms with Gasteiger partial charge in [0, 0.05) is 46.3 Å². The molecule has 5 heteroatoms. The van der Waals surface area contributed by atoms with Crippen molar-refractivity contribution in [2.24, 2.45) is 0 Å². The molecule has 0 unspecified atom stereocenters. The SMILES string of the molecule is CN(CCN1CCNCC1)c1ccc(C#N)cc1F. The Hall–Kier alpha value is -1.64. The zero-order valence-electron chi connectivity index (χ0n) is 11.2. The van der Waals surface area contributed by atoms with Crippen molar-refractivity contribution >= 4 is 5.69 Å². The van der Waals surface area contributed by atoms with Gasteiger partial charge in [0.05, 0.1) is 17.3 Å². The van der Waals surface area contributed by atoms with Gasteiger partial charge in [-0.05, 0) is 18.2 Å². The zero-order chi connectivity index (χ0) is 13.7. The van der Waals surface area contributed by atoms with Crippen LogP contribution in [0.4, 0.5) is 10.1 Å². The molecule has 1 aromatic carbocycles. The third-order valence-corrected chi connectivity index (χ3v) is 3.45. The molecule has 0 aliphatic carbocycles. The second kappa shape index (κ2) is 6.50. The summed E-state index contributed by atoms with van der Waals surface area (Å²) in [6.07, 6.45) is 0. The smallest absolute Gasteiger partial charge is 0.147 e. The maximum atomic E-state index is 13.8. The van der Waals surface area contributed by atoms with Gasteiger partial charge in [0.2, 0.25) is 0 Å². The monoisotopic (exact) mass is 262 g/mol. The summed E-state index contributed by atoms with van der Waals surface area (Å²) in [6, 6.07) is 6.56. The van der Waals surface area contributed by atoms with Crippen LogP contribution in [0.15, 0.2) is 18.2 Å². The predicted molar refractivity (Wildman–Crippen MR) is 73.7 cm³/mol. The van der Waals surface area contributed by atoms with Crippen LogP contribution in [0.3, 0.4) is 0 Å². The van der Waals surface area contributed by atoms with Gasteiger partial charge in [-0.15, -0.1) is 0 Å². The molecule has 1 fully saturated rings. The van der Waals surface area contributed by atoms with Crippen LogP contribution in [-0.2, 0) is 0 Å². The normalized spacial score (nSPS) is 16.1. The van der Waals surface area contributed by atoms with Crippen LogP contribution in [0.25, 0.3) is 0 Å². The lowest BCUT2D eigenvalue weighted by Crippen LogP contribution is -2.46. The van der Waals surface area contributed by atoms with Gasteiger partial charge in [0.1, 0.15) is 5.82 Å². The quantitative estimate of drug-likeness (QED) is 0.880. The molecule has 1 heterocycles. The molecule has 4 nitrogen and oxygen atoms in total. The van der Waals surface area contributed by atoms with Gasteiger partial charge in [-0.3, -0.25) is 4.90 Å². The molecule has 102 valence electrons. The number of piperazine rings is 1. The number of benzene rings is 1. The summed E-state index contributed by atoms with van der Waals surface area (Å²) in [4.78, 5) is 4.27. The van der Waals surface area contributed by atoms with Gasteiger partial charge >= 0.3 is 0 Å². The molecule has 2 rings (SSSR count). The fourth-order valence-electron chi connectivity index (χ4n) is 2.23. The van der Waals surface area contributed by atoms with Crippen molar-refractivity contribution in [2.45, 2.75) is 0 Å². The molecule has 0 amide bonds. The first-order valence-corrected chi connectivity index (χ1v) is 6.54. The van der Waals surface area contributed by atoms with Crippen LogP contribution in [0.2, 0.25) is 0 Å². The summed E-state index contributed by atoms with van der Waals surface area (Å²) in [7, 11) is 1.88. The number of likely N-dealkylation sites (N-methyl/N-ethyl adjacent to an activating group) is 1. The highest BCUT2D eigenvalue weighted by Gasteiger charge is 2.12. The molecule has 0 aromatic heterocycles.